The molecule has 1 aliphatic heterocycles. The Labute approximate surface area is 113 Å². The Hall–Kier alpha value is -1.14. The van der Waals surface area contributed by atoms with Crippen LogP contribution in [0.4, 0.5) is 0 Å². The van der Waals surface area contributed by atoms with E-state index in [9.17, 15) is 10.2 Å². The van der Waals surface area contributed by atoms with Gasteiger partial charge in [-0.2, -0.15) is 0 Å². The Kier molecular flexibility index (Phi) is 5.15. The molecule has 5 nitrogen and oxygen atoms in total. The van der Waals surface area contributed by atoms with E-state index in [1.807, 2.05) is 18.2 Å². The Morgan fingerprint density at radius 1 is 1.05 bits per heavy atom. The average Bonchev–Trinajstić information content (AvgIpc) is 2.43. The van der Waals surface area contributed by atoms with Gasteiger partial charge in [-0.05, 0) is 6.07 Å². The molecule has 106 valence electrons. The van der Waals surface area contributed by atoms with Gasteiger partial charge < -0.3 is 15.3 Å². The summed E-state index contributed by atoms with van der Waals surface area (Å²) in [5.41, 5.74) is 0.950. The van der Waals surface area contributed by atoms with Crippen molar-refractivity contribution >= 4 is 0 Å². The molecule has 0 radical (unpaired) electrons. The van der Waals surface area contributed by atoms with Crippen molar-refractivity contribution in [3.05, 3.63) is 29.8 Å². The van der Waals surface area contributed by atoms with E-state index in [4.69, 9.17) is 5.11 Å². The summed E-state index contributed by atoms with van der Waals surface area (Å²) in [5.74, 6) is 0.348. The number of aromatic hydroxyl groups is 1. The first-order valence-corrected chi connectivity index (χ1v) is 6.69. The number of hydrogen-bond acceptors (Lipinski definition) is 5. The Bertz CT molecular complexity index is 392. The van der Waals surface area contributed by atoms with E-state index < -0.39 is 6.10 Å². The summed E-state index contributed by atoms with van der Waals surface area (Å²) >= 11 is 0. The molecule has 0 saturated carbocycles. The minimum atomic E-state index is -0.648. The molecule has 3 N–H and O–H groups in total. The predicted molar refractivity (Wildman–Crippen MR) is 72.9 cm³/mol. The second kappa shape index (κ2) is 6.86. The number of piperazine rings is 1. The number of phenols is 1. The van der Waals surface area contributed by atoms with E-state index in [0.29, 0.717) is 12.3 Å². The molecule has 1 unspecified atom stereocenters. The minimum Gasteiger partial charge on any atom is -0.508 e. The number of phenolic OH excluding ortho intramolecular Hbond substituents is 1. The molecule has 5 heteroatoms. The Morgan fingerprint density at radius 2 is 1.68 bits per heavy atom. The molecule has 0 aromatic heterocycles. The molecule has 1 heterocycles. The van der Waals surface area contributed by atoms with Gasteiger partial charge in [0.1, 0.15) is 5.75 Å². The van der Waals surface area contributed by atoms with E-state index >= 15 is 0 Å². The van der Waals surface area contributed by atoms with Gasteiger partial charge in [0.15, 0.2) is 0 Å². The van der Waals surface area contributed by atoms with Crippen molar-refractivity contribution in [2.45, 2.75) is 12.6 Å². The largest absolute Gasteiger partial charge is 0.508 e. The second-order valence-electron chi connectivity index (χ2n) is 5.04. The number of β-amino-alcohol motifs (C(OH)–C–C–N with tert-alkyl or cyclic N) is 1. The van der Waals surface area contributed by atoms with Crippen LogP contribution in [0.1, 0.15) is 5.56 Å². The van der Waals surface area contributed by atoms with Crippen LogP contribution < -0.4 is 0 Å². The van der Waals surface area contributed by atoms with E-state index in [-0.39, 0.29) is 6.61 Å². The fourth-order valence-electron chi connectivity index (χ4n) is 2.37. The fourth-order valence-corrected chi connectivity index (χ4v) is 2.37. The quantitative estimate of drug-likeness (QED) is 0.692. The monoisotopic (exact) mass is 266 g/mol. The predicted octanol–water partition coefficient (Wildman–Crippen LogP) is -0.137. The summed E-state index contributed by atoms with van der Waals surface area (Å²) in [6, 6.07) is 7.41. The molecular formula is C14H22N2O3. The maximum atomic E-state index is 9.75. The van der Waals surface area contributed by atoms with Gasteiger partial charge in [-0.3, -0.25) is 9.80 Å². The zero-order chi connectivity index (χ0) is 13.7. The van der Waals surface area contributed by atoms with Crippen LogP contribution in [-0.2, 0) is 6.54 Å². The van der Waals surface area contributed by atoms with Gasteiger partial charge in [-0.25, -0.2) is 0 Å². The van der Waals surface area contributed by atoms with Crippen molar-refractivity contribution < 1.29 is 15.3 Å². The van der Waals surface area contributed by atoms with Gasteiger partial charge in [0, 0.05) is 44.8 Å². The lowest BCUT2D eigenvalue weighted by molar-refractivity contribution is 0.0382. The Balaban J connectivity index is 1.79. The van der Waals surface area contributed by atoms with Crippen molar-refractivity contribution in [2.75, 3.05) is 39.3 Å². The van der Waals surface area contributed by atoms with Crippen LogP contribution in [0.2, 0.25) is 0 Å². The molecule has 1 fully saturated rings. The van der Waals surface area contributed by atoms with E-state index in [2.05, 4.69) is 9.80 Å². The zero-order valence-electron chi connectivity index (χ0n) is 11.1. The van der Waals surface area contributed by atoms with Gasteiger partial charge in [-0.1, -0.05) is 18.2 Å². The third kappa shape index (κ3) is 4.18. The molecule has 2 rings (SSSR count). The maximum Gasteiger partial charge on any atom is 0.120 e. The summed E-state index contributed by atoms with van der Waals surface area (Å²) in [4.78, 5) is 4.44. The summed E-state index contributed by atoms with van der Waals surface area (Å²) in [5, 5.41) is 28.0. The van der Waals surface area contributed by atoms with E-state index in [1.54, 1.807) is 6.07 Å². The summed E-state index contributed by atoms with van der Waals surface area (Å²) in [6.45, 7) is 4.68. The van der Waals surface area contributed by atoms with E-state index in [1.165, 1.54) is 0 Å². The van der Waals surface area contributed by atoms with Crippen molar-refractivity contribution in [1.82, 2.24) is 9.80 Å². The Morgan fingerprint density at radius 3 is 2.32 bits per heavy atom. The molecule has 19 heavy (non-hydrogen) atoms. The molecule has 1 atom stereocenters. The highest BCUT2D eigenvalue weighted by Gasteiger charge is 2.19. The third-order valence-corrected chi connectivity index (χ3v) is 3.53. The molecule has 1 aromatic rings. The SMILES string of the molecule is OCC(O)CN1CCN(Cc2ccccc2O)CC1. The lowest BCUT2D eigenvalue weighted by atomic mass is 10.1. The van der Waals surface area contributed by atoms with Crippen LogP contribution >= 0.6 is 0 Å². The van der Waals surface area contributed by atoms with Gasteiger partial charge in [0.05, 0.1) is 12.7 Å². The lowest BCUT2D eigenvalue weighted by Gasteiger charge is -2.35. The van der Waals surface area contributed by atoms with Crippen molar-refractivity contribution in [3.8, 4) is 5.75 Å². The fraction of sp³-hybridized carbons (Fsp3) is 0.571. The smallest absolute Gasteiger partial charge is 0.120 e. The number of rotatable bonds is 5. The standard InChI is InChI=1S/C14H22N2O3/c17-11-13(18)10-16-7-5-15(6-8-16)9-12-3-1-2-4-14(12)19/h1-4,13,17-19H,5-11H2. The van der Waals surface area contributed by atoms with Crippen LogP contribution in [-0.4, -0.2) is 70.6 Å². The minimum absolute atomic E-state index is 0.182. The van der Waals surface area contributed by atoms with Gasteiger partial charge in [0.25, 0.3) is 0 Å². The second-order valence-corrected chi connectivity index (χ2v) is 5.04. The van der Waals surface area contributed by atoms with Crippen LogP contribution in [0.25, 0.3) is 0 Å². The molecular weight excluding hydrogens is 244 g/mol. The molecule has 0 aliphatic carbocycles. The number of benzene rings is 1. The lowest BCUT2D eigenvalue weighted by Crippen LogP contribution is -2.48. The van der Waals surface area contributed by atoms with E-state index in [0.717, 1.165) is 38.3 Å². The van der Waals surface area contributed by atoms with Gasteiger partial charge in [-0.15, -0.1) is 0 Å². The average molecular weight is 266 g/mol. The topological polar surface area (TPSA) is 67.2 Å². The first-order chi connectivity index (χ1) is 9.19. The molecule has 0 bridgehead atoms. The molecule has 0 amide bonds. The molecule has 0 spiro atoms. The number of hydrogen-bond donors (Lipinski definition) is 3. The van der Waals surface area contributed by atoms with Crippen molar-refractivity contribution in [2.24, 2.45) is 0 Å². The zero-order valence-corrected chi connectivity index (χ0v) is 11.1. The van der Waals surface area contributed by atoms with Crippen LogP contribution in [0, 0.1) is 0 Å². The third-order valence-electron chi connectivity index (χ3n) is 3.53. The van der Waals surface area contributed by atoms with Crippen LogP contribution in [0.15, 0.2) is 24.3 Å². The summed E-state index contributed by atoms with van der Waals surface area (Å²) in [7, 11) is 0. The molecule has 1 saturated heterocycles. The van der Waals surface area contributed by atoms with Crippen molar-refractivity contribution in [3.63, 3.8) is 0 Å². The van der Waals surface area contributed by atoms with Crippen molar-refractivity contribution in [1.29, 1.82) is 0 Å². The van der Waals surface area contributed by atoms with Crippen LogP contribution in [0.5, 0.6) is 5.75 Å². The summed E-state index contributed by atoms with van der Waals surface area (Å²) < 4.78 is 0. The first kappa shape index (κ1) is 14.3. The van der Waals surface area contributed by atoms with Crippen LogP contribution in [0.3, 0.4) is 0 Å². The first-order valence-electron chi connectivity index (χ1n) is 6.69. The van der Waals surface area contributed by atoms with Gasteiger partial charge >= 0.3 is 0 Å². The number of para-hydroxylation sites is 1. The number of nitrogens with zero attached hydrogens (tertiary/aromatic N) is 2. The highest BCUT2D eigenvalue weighted by atomic mass is 16.3. The number of aliphatic hydroxyl groups is 2. The normalized spacial score (nSPS) is 19.5. The maximum absolute atomic E-state index is 9.75. The molecule has 1 aromatic carbocycles. The molecule has 1 aliphatic rings. The number of aliphatic hydroxyl groups excluding tert-OH is 2. The van der Waals surface area contributed by atoms with Gasteiger partial charge in [0.2, 0.25) is 0 Å². The summed E-state index contributed by atoms with van der Waals surface area (Å²) in [6.07, 6.45) is -0.648. The highest BCUT2D eigenvalue weighted by molar-refractivity contribution is 5.31. The highest BCUT2D eigenvalue weighted by Crippen LogP contribution is 2.18.